The Bertz CT molecular complexity index is 367. The van der Waals surface area contributed by atoms with Crippen LogP contribution in [0.25, 0.3) is 0 Å². The van der Waals surface area contributed by atoms with Crippen LogP contribution >= 0.6 is 15.9 Å². The number of nitrogens with two attached hydrogens (primary N) is 1. The molecule has 78 valence electrons. The van der Waals surface area contributed by atoms with E-state index in [2.05, 4.69) is 15.9 Å². The highest BCUT2D eigenvalue weighted by Crippen LogP contribution is 2.36. The summed E-state index contributed by atoms with van der Waals surface area (Å²) in [6.07, 6.45) is 0. The topological polar surface area (TPSA) is 46.2 Å². The number of rotatable bonds is 1. The zero-order valence-electron chi connectivity index (χ0n) is 8.98. The molecule has 0 fully saturated rings. The van der Waals surface area contributed by atoms with Crippen molar-refractivity contribution in [2.45, 2.75) is 33.2 Å². The van der Waals surface area contributed by atoms with Gasteiger partial charge in [0.05, 0.1) is 0 Å². The minimum absolute atomic E-state index is 0.335. The van der Waals surface area contributed by atoms with E-state index in [9.17, 15) is 5.11 Å². The average Bonchev–Trinajstić information content (AvgIpc) is 1.97. The number of hydrogen-bond acceptors (Lipinski definition) is 2. The molecule has 3 N–H and O–H groups in total. The van der Waals surface area contributed by atoms with Crippen molar-refractivity contribution in [1.82, 2.24) is 0 Å². The van der Waals surface area contributed by atoms with Crippen LogP contribution in [0.4, 0.5) is 0 Å². The molecule has 14 heavy (non-hydrogen) atoms. The second-order valence-corrected chi connectivity index (χ2v) is 5.10. The molecule has 0 aromatic heterocycles. The van der Waals surface area contributed by atoms with E-state index in [4.69, 9.17) is 5.73 Å². The maximum absolute atomic E-state index is 9.80. The number of phenols is 1. The molecule has 0 amide bonds. The van der Waals surface area contributed by atoms with E-state index in [1.54, 1.807) is 0 Å². The van der Waals surface area contributed by atoms with Crippen molar-refractivity contribution < 1.29 is 5.11 Å². The van der Waals surface area contributed by atoms with Gasteiger partial charge in [0.15, 0.2) is 0 Å². The van der Waals surface area contributed by atoms with Gasteiger partial charge in [0, 0.05) is 10.0 Å². The molecular weight excluding hydrogens is 242 g/mol. The second-order valence-electron chi connectivity index (χ2n) is 4.25. The van der Waals surface area contributed by atoms with Crippen LogP contribution in [0.1, 0.15) is 30.5 Å². The maximum Gasteiger partial charge on any atom is 0.121 e. The normalized spacial score (nSPS) is 11.9. The Labute approximate surface area is 93.3 Å². The van der Waals surface area contributed by atoms with E-state index in [1.165, 1.54) is 0 Å². The van der Waals surface area contributed by atoms with E-state index in [-0.39, 0.29) is 0 Å². The summed E-state index contributed by atoms with van der Waals surface area (Å²) in [5.41, 5.74) is 8.26. The summed E-state index contributed by atoms with van der Waals surface area (Å²) in [5.74, 6) is 0.335. The van der Waals surface area contributed by atoms with Crippen LogP contribution in [0.2, 0.25) is 0 Å². The molecule has 0 radical (unpaired) electrons. The smallest absolute Gasteiger partial charge is 0.121 e. The lowest BCUT2D eigenvalue weighted by Crippen LogP contribution is -2.30. The summed E-state index contributed by atoms with van der Waals surface area (Å²) < 4.78 is 0.956. The maximum atomic E-state index is 9.80. The third kappa shape index (κ3) is 1.93. The van der Waals surface area contributed by atoms with Gasteiger partial charge in [-0.3, -0.25) is 0 Å². The van der Waals surface area contributed by atoms with Crippen molar-refractivity contribution in [2.75, 3.05) is 0 Å². The molecule has 0 heterocycles. The van der Waals surface area contributed by atoms with E-state index in [1.807, 2.05) is 33.8 Å². The molecular formula is C11H16BrNO. The Morgan fingerprint density at radius 2 is 1.86 bits per heavy atom. The third-order valence-electron chi connectivity index (χ3n) is 2.33. The molecule has 0 unspecified atom stereocenters. The van der Waals surface area contributed by atoms with Gasteiger partial charge in [0.2, 0.25) is 0 Å². The fourth-order valence-corrected chi connectivity index (χ4v) is 2.87. The Hall–Kier alpha value is -0.540. The fraction of sp³-hybridized carbons (Fsp3) is 0.455. The summed E-state index contributed by atoms with van der Waals surface area (Å²) in [6, 6.07) is 1.90. The molecule has 1 rings (SSSR count). The zero-order valence-corrected chi connectivity index (χ0v) is 10.6. The van der Waals surface area contributed by atoms with Crippen LogP contribution < -0.4 is 5.73 Å². The number of benzene rings is 1. The Morgan fingerprint density at radius 3 is 2.29 bits per heavy atom. The predicted molar refractivity (Wildman–Crippen MR) is 62.5 cm³/mol. The first-order valence-corrected chi connectivity index (χ1v) is 5.32. The van der Waals surface area contributed by atoms with Gasteiger partial charge < -0.3 is 10.8 Å². The van der Waals surface area contributed by atoms with Crippen LogP contribution in [0, 0.1) is 13.8 Å². The molecule has 0 spiro atoms. The van der Waals surface area contributed by atoms with E-state index < -0.39 is 5.54 Å². The molecule has 0 saturated heterocycles. The van der Waals surface area contributed by atoms with Crippen LogP contribution in [-0.4, -0.2) is 5.11 Å². The Balaban J connectivity index is 3.53. The zero-order chi connectivity index (χ0) is 11.1. The van der Waals surface area contributed by atoms with Gasteiger partial charge in [-0.15, -0.1) is 0 Å². The quantitative estimate of drug-likeness (QED) is 0.813. The predicted octanol–water partition coefficient (Wildman–Crippen LogP) is 2.97. The molecule has 1 aromatic carbocycles. The van der Waals surface area contributed by atoms with Crippen molar-refractivity contribution >= 4 is 15.9 Å². The minimum Gasteiger partial charge on any atom is -0.507 e. The minimum atomic E-state index is -0.450. The average molecular weight is 258 g/mol. The van der Waals surface area contributed by atoms with Crippen LogP contribution in [0.5, 0.6) is 5.75 Å². The van der Waals surface area contributed by atoms with Crippen molar-refractivity contribution in [3.8, 4) is 5.75 Å². The highest BCUT2D eigenvalue weighted by atomic mass is 79.9. The third-order valence-corrected chi connectivity index (χ3v) is 2.96. The second kappa shape index (κ2) is 3.55. The highest BCUT2D eigenvalue weighted by molar-refractivity contribution is 9.10. The van der Waals surface area contributed by atoms with Crippen molar-refractivity contribution in [3.05, 3.63) is 27.2 Å². The molecule has 1 aromatic rings. The summed E-state index contributed by atoms with van der Waals surface area (Å²) in [6.45, 7) is 7.61. The molecule has 2 nitrogen and oxygen atoms in total. The van der Waals surface area contributed by atoms with Crippen molar-refractivity contribution in [1.29, 1.82) is 0 Å². The van der Waals surface area contributed by atoms with Gasteiger partial charge in [0.1, 0.15) is 5.75 Å². The SMILES string of the molecule is Cc1cc(Br)c(C(C)(C)N)c(C)c1O. The first kappa shape index (κ1) is 11.5. The standard InChI is InChI=1S/C11H16BrNO/c1-6-5-8(12)9(11(3,4)13)7(2)10(6)14/h5,14H,13H2,1-4H3. The van der Waals surface area contributed by atoms with Gasteiger partial charge in [0.25, 0.3) is 0 Å². The summed E-state index contributed by atoms with van der Waals surface area (Å²) in [4.78, 5) is 0. The van der Waals surface area contributed by atoms with Crippen LogP contribution in [-0.2, 0) is 5.54 Å². The van der Waals surface area contributed by atoms with Crippen LogP contribution in [0.3, 0.4) is 0 Å². The number of aromatic hydroxyl groups is 1. The Morgan fingerprint density at radius 1 is 1.36 bits per heavy atom. The van der Waals surface area contributed by atoms with Gasteiger partial charge >= 0.3 is 0 Å². The van der Waals surface area contributed by atoms with Crippen molar-refractivity contribution in [3.63, 3.8) is 0 Å². The molecule has 0 aliphatic heterocycles. The lowest BCUT2D eigenvalue weighted by molar-refractivity contribution is 0.459. The van der Waals surface area contributed by atoms with E-state index in [0.717, 1.165) is 21.2 Å². The lowest BCUT2D eigenvalue weighted by atomic mass is 9.90. The fourth-order valence-electron chi connectivity index (χ4n) is 1.71. The number of halogens is 1. The van der Waals surface area contributed by atoms with Gasteiger partial charge in [-0.2, -0.15) is 0 Å². The van der Waals surface area contributed by atoms with Gasteiger partial charge in [-0.05, 0) is 50.5 Å². The molecule has 0 atom stereocenters. The first-order chi connectivity index (χ1) is 6.25. The van der Waals surface area contributed by atoms with Crippen LogP contribution in [0.15, 0.2) is 10.5 Å². The first-order valence-electron chi connectivity index (χ1n) is 4.53. The van der Waals surface area contributed by atoms with E-state index >= 15 is 0 Å². The van der Waals surface area contributed by atoms with Gasteiger partial charge in [-0.1, -0.05) is 15.9 Å². The Kier molecular flexibility index (Phi) is 2.93. The summed E-state index contributed by atoms with van der Waals surface area (Å²) in [7, 11) is 0. The summed E-state index contributed by atoms with van der Waals surface area (Å²) >= 11 is 3.48. The molecule has 0 aliphatic carbocycles. The number of hydrogen-bond donors (Lipinski definition) is 2. The number of phenolic OH excluding ortho intramolecular Hbond substituents is 1. The highest BCUT2D eigenvalue weighted by Gasteiger charge is 2.22. The monoisotopic (exact) mass is 257 g/mol. The van der Waals surface area contributed by atoms with Crippen molar-refractivity contribution in [2.24, 2.45) is 5.73 Å². The molecule has 3 heteroatoms. The number of aryl methyl sites for hydroxylation is 1. The van der Waals surface area contributed by atoms with E-state index in [0.29, 0.717) is 5.75 Å². The van der Waals surface area contributed by atoms with Gasteiger partial charge in [-0.25, -0.2) is 0 Å². The molecule has 0 saturated carbocycles. The largest absolute Gasteiger partial charge is 0.507 e. The molecule has 0 bridgehead atoms. The lowest BCUT2D eigenvalue weighted by Gasteiger charge is -2.24. The summed E-state index contributed by atoms with van der Waals surface area (Å²) in [5, 5.41) is 9.80. The molecule has 0 aliphatic rings.